The van der Waals surface area contributed by atoms with Gasteiger partial charge in [-0.25, -0.2) is 0 Å². The van der Waals surface area contributed by atoms with E-state index in [1.807, 2.05) is 37.3 Å². The van der Waals surface area contributed by atoms with Crippen LogP contribution in [0.2, 0.25) is 0 Å². The Morgan fingerprint density at radius 2 is 2.21 bits per heavy atom. The minimum Gasteiger partial charge on any atom is -0.497 e. The van der Waals surface area contributed by atoms with Gasteiger partial charge in [-0.05, 0) is 41.1 Å². The van der Waals surface area contributed by atoms with E-state index in [1.165, 1.54) is 0 Å². The van der Waals surface area contributed by atoms with Gasteiger partial charge >= 0.3 is 0 Å². The van der Waals surface area contributed by atoms with E-state index in [0.717, 1.165) is 16.0 Å². The third kappa shape index (κ3) is 3.07. The van der Waals surface area contributed by atoms with Crippen LogP contribution in [-0.2, 0) is 0 Å². The SMILES string of the molecule is C/C=C/COc1ccc(OC)cc1Br. The van der Waals surface area contributed by atoms with Gasteiger partial charge in [0.2, 0.25) is 0 Å². The van der Waals surface area contributed by atoms with E-state index in [4.69, 9.17) is 9.47 Å². The molecule has 0 aliphatic rings. The molecule has 3 heteroatoms. The minimum atomic E-state index is 0.585. The van der Waals surface area contributed by atoms with Gasteiger partial charge in [0.15, 0.2) is 0 Å². The maximum Gasteiger partial charge on any atom is 0.134 e. The number of halogens is 1. The Morgan fingerprint density at radius 3 is 2.79 bits per heavy atom. The zero-order valence-electron chi connectivity index (χ0n) is 8.29. The summed E-state index contributed by atoms with van der Waals surface area (Å²) in [5.74, 6) is 1.64. The van der Waals surface area contributed by atoms with Gasteiger partial charge in [-0.15, -0.1) is 0 Å². The molecule has 0 spiro atoms. The average molecular weight is 257 g/mol. The summed E-state index contributed by atoms with van der Waals surface area (Å²) in [5.41, 5.74) is 0. The van der Waals surface area contributed by atoms with Gasteiger partial charge in [0, 0.05) is 0 Å². The summed E-state index contributed by atoms with van der Waals surface area (Å²) in [5, 5.41) is 0. The molecule has 0 saturated carbocycles. The summed E-state index contributed by atoms with van der Waals surface area (Å²) in [6.45, 7) is 2.55. The van der Waals surface area contributed by atoms with Crippen molar-refractivity contribution in [3.63, 3.8) is 0 Å². The quantitative estimate of drug-likeness (QED) is 0.769. The highest BCUT2D eigenvalue weighted by Gasteiger charge is 2.01. The Bertz CT molecular complexity index is 321. The number of hydrogen-bond donors (Lipinski definition) is 0. The molecule has 0 aliphatic carbocycles. The maximum absolute atomic E-state index is 5.49. The highest BCUT2D eigenvalue weighted by Crippen LogP contribution is 2.28. The summed E-state index contributed by atoms with van der Waals surface area (Å²) >= 11 is 3.41. The van der Waals surface area contributed by atoms with Gasteiger partial charge in [0.25, 0.3) is 0 Å². The number of allylic oxidation sites excluding steroid dienone is 1. The topological polar surface area (TPSA) is 18.5 Å². The number of ether oxygens (including phenoxy) is 2. The number of benzene rings is 1. The minimum absolute atomic E-state index is 0.585. The van der Waals surface area contributed by atoms with Crippen molar-refractivity contribution >= 4 is 15.9 Å². The molecule has 0 saturated heterocycles. The Morgan fingerprint density at radius 1 is 1.43 bits per heavy atom. The fourth-order valence-electron chi connectivity index (χ4n) is 0.960. The third-order valence-corrected chi connectivity index (χ3v) is 2.33. The van der Waals surface area contributed by atoms with Crippen LogP contribution in [0.25, 0.3) is 0 Å². The van der Waals surface area contributed by atoms with E-state index in [9.17, 15) is 0 Å². The first-order valence-electron chi connectivity index (χ1n) is 4.35. The van der Waals surface area contributed by atoms with E-state index >= 15 is 0 Å². The molecule has 1 aromatic carbocycles. The molecule has 76 valence electrons. The smallest absolute Gasteiger partial charge is 0.134 e. The molecule has 1 rings (SSSR count). The molecule has 0 amide bonds. The first-order valence-corrected chi connectivity index (χ1v) is 5.14. The van der Waals surface area contributed by atoms with Crippen molar-refractivity contribution in [2.24, 2.45) is 0 Å². The number of hydrogen-bond acceptors (Lipinski definition) is 2. The predicted octanol–water partition coefficient (Wildman–Crippen LogP) is 3.41. The van der Waals surface area contributed by atoms with Gasteiger partial charge in [-0.2, -0.15) is 0 Å². The summed E-state index contributed by atoms with van der Waals surface area (Å²) in [4.78, 5) is 0. The van der Waals surface area contributed by atoms with Gasteiger partial charge in [-0.1, -0.05) is 12.2 Å². The summed E-state index contributed by atoms with van der Waals surface area (Å²) < 4.78 is 11.5. The molecule has 0 radical (unpaired) electrons. The van der Waals surface area contributed by atoms with Gasteiger partial charge in [-0.3, -0.25) is 0 Å². The van der Waals surface area contributed by atoms with Crippen molar-refractivity contribution in [3.8, 4) is 11.5 Å². The van der Waals surface area contributed by atoms with Crippen molar-refractivity contribution in [1.29, 1.82) is 0 Å². The number of methoxy groups -OCH3 is 1. The van der Waals surface area contributed by atoms with Crippen LogP contribution in [0.3, 0.4) is 0 Å². The summed E-state index contributed by atoms with van der Waals surface area (Å²) in [7, 11) is 1.64. The lowest BCUT2D eigenvalue weighted by Gasteiger charge is -2.07. The Hall–Kier alpha value is -0.960. The Balaban J connectivity index is 2.68. The van der Waals surface area contributed by atoms with Crippen LogP contribution >= 0.6 is 15.9 Å². The lowest BCUT2D eigenvalue weighted by Crippen LogP contribution is -1.94. The molecule has 1 aromatic rings. The zero-order valence-corrected chi connectivity index (χ0v) is 9.87. The molecule has 0 atom stereocenters. The molecule has 2 nitrogen and oxygen atoms in total. The fraction of sp³-hybridized carbons (Fsp3) is 0.273. The van der Waals surface area contributed by atoms with Gasteiger partial charge in [0.1, 0.15) is 18.1 Å². The van der Waals surface area contributed by atoms with Crippen LogP contribution in [0.15, 0.2) is 34.8 Å². The number of rotatable bonds is 4. The second kappa shape index (κ2) is 5.70. The molecule has 0 unspecified atom stereocenters. The van der Waals surface area contributed by atoms with E-state index in [-0.39, 0.29) is 0 Å². The first kappa shape index (κ1) is 11.1. The molecule has 0 bridgehead atoms. The summed E-state index contributed by atoms with van der Waals surface area (Å²) in [6.07, 6.45) is 3.91. The van der Waals surface area contributed by atoms with Gasteiger partial charge in [0.05, 0.1) is 11.6 Å². The molecule has 0 N–H and O–H groups in total. The van der Waals surface area contributed by atoms with Crippen LogP contribution < -0.4 is 9.47 Å². The second-order valence-electron chi connectivity index (χ2n) is 2.68. The molecule has 14 heavy (non-hydrogen) atoms. The Labute approximate surface area is 92.7 Å². The average Bonchev–Trinajstić information content (AvgIpc) is 2.20. The van der Waals surface area contributed by atoms with E-state index < -0.39 is 0 Å². The van der Waals surface area contributed by atoms with Crippen LogP contribution in [0.5, 0.6) is 11.5 Å². The molecular formula is C11H13BrO2. The molecular weight excluding hydrogens is 244 g/mol. The Kier molecular flexibility index (Phi) is 4.53. The zero-order chi connectivity index (χ0) is 10.4. The van der Waals surface area contributed by atoms with Crippen LogP contribution in [0, 0.1) is 0 Å². The lowest BCUT2D eigenvalue weighted by atomic mass is 10.3. The van der Waals surface area contributed by atoms with Crippen molar-refractivity contribution in [1.82, 2.24) is 0 Å². The van der Waals surface area contributed by atoms with Crippen LogP contribution in [0.4, 0.5) is 0 Å². The van der Waals surface area contributed by atoms with Crippen molar-refractivity contribution in [2.75, 3.05) is 13.7 Å². The second-order valence-corrected chi connectivity index (χ2v) is 3.53. The highest BCUT2D eigenvalue weighted by molar-refractivity contribution is 9.10. The van der Waals surface area contributed by atoms with Crippen molar-refractivity contribution < 1.29 is 9.47 Å². The lowest BCUT2D eigenvalue weighted by molar-refractivity contribution is 0.358. The predicted molar refractivity (Wildman–Crippen MR) is 61.0 cm³/mol. The first-order chi connectivity index (χ1) is 6.77. The van der Waals surface area contributed by atoms with Crippen molar-refractivity contribution in [3.05, 3.63) is 34.8 Å². The molecule has 0 aliphatic heterocycles. The van der Waals surface area contributed by atoms with E-state index in [2.05, 4.69) is 15.9 Å². The maximum atomic E-state index is 5.49. The normalized spacial score (nSPS) is 10.5. The standard InChI is InChI=1S/C11H13BrO2/c1-3-4-7-14-11-6-5-9(13-2)8-10(11)12/h3-6,8H,7H2,1-2H3/b4-3+. The highest BCUT2D eigenvalue weighted by atomic mass is 79.9. The van der Waals surface area contributed by atoms with Gasteiger partial charge < -0.3 is 9.47 Å². The van der Waals surface area contributed by atoms with Crippen LogP contribution in [0.1, 0.15) is 6.92 Å². The van der Waals surface area contributed by atoms with E-state index in [0.29, 0.717) is 6.61 Å². The molecule has 0 aromatic heterocycles. The molecule has 0 heterocycles. The largest absolute Gasteiger partial charge is 0.497 e. The fourth-order valence-corrected chi connectivity index (χ4v) is 1.43. The van der Waals surface area contributed by atoms with E-state index in [1.54, 1.807) is 7.11 Å². The monoisotopic (exact) mass is 256 g/mol. The third-order valence-electron chi connectivity index (χ3n) is 1.71. The molecule has 0 fully saturated rings. The van der Waals surface area contributed by atoms with Crippen molar-refractivity contribution in [2.45, 2.75) is 6.92 Å². The summed E-state index contributed by atoms with van der Waals surface area (Å²) in [6, 6.07) is 5.63. The van der Waals surface area contributed by atoms with Crippen LogP contribution in [-0.4, -0.2) is 13.7 Å².